The summed E-state index contributed by atoms with van der Waals surface area (Å²) >= 11 is 0. The Labute approximate surface area is 263 Å². The summed E-state index contributed by atoms with van der Waals surface area (Å²) in [6.45, 7) is 6.41. The molecule has 9 nitrogen and oxygen atoms in total. The van der Waals surface area contributed by atoms with Crippen LogP contribution in [0.15, 0.2) is 78.9 Å². The van der Waals surface area contributed by atoms with Crippen LogP contribution >= 0.6 is 0 Å². The molecule has 11 heteroatoms. The van der Waals surface area contributed by atoms with E-state index in [4.69, 9.17) is 4.74 Å². The Morgan fingerprint density at radius 2 is 1.73 bits per heavy atom. The second-order valence-electron chi connectivity index (χ2n) is 12.4. The molecule has 5 rings (SSSR count). The normalized spacial score (nSPS) is 23.2. The minimum Gasteiger partial charge on any atom is -0.395 e. The highest BCUT2D eigenvalue weighted by Gasteiger charge is 2.67. The van der Waals surface area contributed by atoms with Crippen LogP contribution in [0.3, 0.4) is 0 Å². The maximum atomic E-state index is 16.3. The van der Waals surface area contributed by atoms with Crippen molar-refractivity contribution < 1.29 is 33.4 Å². The summed E-state index contributed by atoms with van der Waals surface area (Å²) < 4.78 is 23.1. The highest BCUT2D eigenvalue weighted by molar-refractivity contribution is 6.72. The number of carbonyl (C=O) groups is 3. The van der Waals surface area contributed by atoms with Crippen LogP contribution in [0.5, 0.6) is 0 Å². The Balaban J connectivity index is 1.57. The van der Waals surface area contributed by atoms with Gasteiger partial charge in [-0.25, -0.2) is 0 Å². The Morgan fingerprint density at radius 3 is 2.33 bits per heavy atom. The van der Waals surface area contributed by atoms with Gasteiger partial charge in [0.15, 0.2) is 5.60 Å². The monoisotopic (exact) mass is 633 g/mol. The van der Waals surface area contributed by atoms with Gasteiger partial charge in [0.25, 0.3) is 11.8 Å². The fraction of sp³-hybridized carbons (Fsp3) is 0.382. The van der Waals surface area contributed by atoms with Gasteiger partial charge in [-0.15, -0.1) is 0 Å². The zero-order valence-electron chi connectivity index (χ0n) is 25.9. The standard InChI is InChI=1S/C34H40FN3O6Si/c1-22-31(45(3,4)35)29(20-30(41)37(17-18-39)21-24-11-7-5-8-12-24)44-34(22)27-19-25(36-32(42)23(2)40)15-16-28(27)38(33(34)43)26-13-9-6-10-14-26/h5-16,19,22-23,29,31,39-40H,17-18,20-21H2,1-4H3,(H,36,42)/t22-,23+,29+,31-,34+/m1/s1. The lowest BCUT2D eigenvalue weighted by Crippen LogP contribution is -2.44. The first kappa shape index (κ1) is 32.5. The lowest BCUT2D eigenvalue weighted by Gasteiger charge is -2.31. The maximum Gasteiger partial charge on any atom is 0.268 e. The number of benzene rings is 3. The van der Waals surface area contributed by atoms with E-state index in [0.29, 0.717) is 22.6 Å². The van der Waals surface area contributed by atoms with Gasteiger partial charge in [0.05, 0.1) is 24.8 Å². The van der Waals surface area contributed by atoms with Crippen molar-refractivity contribution in [3.05, 3.63) is 90.0 Å². The van der Waals surface area contributed by atoms with Crippen LogP contribution in [0.1, 0.15) is 31.4 Å². The Bertz CT molecular complexity index is 1550. The number of nitrogens with zero attached hydrogens (tertiary/aromatic N) is 2. The lowest BCUT2D eigenvalue weighted by atomic mass is 9.82. The molecule has 0 saturated carbocycles. The average Bonchev–Trinajstić information content (AvgIpc) is 3.43. The molecule has 0 aromatic heterocycles. The highest BCUT2D eigenvalue weighted by Crippen LogP contribution is 2.61. The summed E-state index contributed by atoms with van der Waals surface area (Å²) in [6, 6.07) is 23.5. The largest absolute Gasteiger partial charge is 0.395 e. The number of carbonyl (C=O) groups excluding carboxylic acids is 3. The van der Waals surface area contributed by atoms with Gasteiger partial charge in [-0.3, -0.25) is 19.3 Å². The SMILES string of the molecule is C[C@H](O)C(=O)Nc1ccc2c(c1)[C@]1(O[C@@H](CC(=O)N(CCO)Cc3ccccc3)[C@H]([Si](C)(C)F)[C@H]1C)C(=O)N2c1ccccc1. The fourth-order valence-corrected chi connectivity index (χ4v) is 9.34. The minimum absolute atomic E-state index is 0.0954. The van der Waals surface area contributed by atoms with Crippen molar-refractivity contribution in [1.82, 2.24) is 4.90 Å². The molecule has 5 atom stereocenters. The lowest BCUT2D eigenvalue weighted by molar-refractivity contribution is -0.149. The van der Waals surface area contributed by atoms with Gasteiger partial charge in [-0.1, -0.05) is 55.5 Å². The molecule has 1 saturated heterocycles. The first-order valence-electron chi connectivity index (χ1n) is 15.2. The predicted molar refractivity (Wildman–Crippen MR) is 172 cm³/mol. The first-order valence-corrected chi connectivity index (χ1v) is 18.2. The fourth-order valence-electron chi connectivity index (χ4n) is 6.85. The van der Waals surface area contributed by atoms with Gasteiger partial charge in [-0.05, 0) is 55.9 Å². The topological polar surface area (TPSA) is 119 Å². The molecular weight excluding hydrogens is 593 g/mol. The van der Waals surface area contributed by atoms with Crippen LogP contribution in [0.25, 0.3) is 0 Å². The predicted octanol–water partition coefficient (Wildman–Crippen LogP) is 4.87. The molecule has 3 aromatic rings. The number of fused-ring (bicyclic) bond motifs is 2. The smallest absolute Gasteiger partial charge is 0.268 e. The zero-order chi connectivity index (χ0) is 32.5. The summed E-state index contributed by atoms with van der Waals surface area (Å²) in [6.07, 6.45) is -2.34. The quantitative estimate of drug-likeness (QED) is 0.217. The van der Waals surface area contributed by atoms with E-state index in [1.54, 1.807) is 55.2 Å². The van der Waals surface area contributed by atoms with Gasteiger partial charge in [0.1, 0.15) is 6.10 Å². The van der Waals surface area contributed by atoms with Crippen molar-refractivity contribution in [2.45, 2.75) is 63.3 Å². The van der Waals surface area contributed by atoms with Crippen molar-refractivity contribution in [3.8, 4) is 0 Å². The van der Waals surface area contributed by atoms with Crippen molar-refractivity contribution in [1.29, 1.82) is 0 Å². The maximum absolute atomic E-state index is 16.3. The number of anilines is 3. The van der Waals surface area contributed by atoms with Crippen LogP contribution in [-0.4, -0.2) is 66.6 Å². The number of amides is 3. The van der Waals surface area contributed by atoms with Gasteiger partial charge < -0.3 is 29.3 Å². The molecule has 45 heavy (non-hydrogen) atoms. The van der Waals surface area contributed by atoms with E-state index in [2.05, 4.69) is 5.32 Å². The van der Waals surface area contributed by atoms with E-state index in [1.807, 2.05) is 48.5 Å². The van der Waals surface area contributed by atoms with Crippen molar-refractivity contribution in [3.63, 3.8) is 0 Å². The second-order valence-corrected chi connectivity index (χ2v) is 16.2. The average molecular weight is 634 g/mol. The van der Waals surface area contributed by atoms with E-state index in [0.717, 1.165) is 5.56 Å². The Kier molecular flexibility index (Phi) is 9.27. The van der Waals surface area contributed by atoms with Gasteiger partial charge in [0, 0.05) is 41.5 Å². The van der Waals surface area contributed by atoms with E-state index in [-0.39, 0.29) is 32.0 Å². The van der Waals surface area contributed by atoms with Gasteiger partial charge in [-0.2, -0.15) is 0 Å². The Hall–Kier alpha value is -3.90. The molecule has 0 radical (unpaired) electrons. The van der Waals surface area contributed by atoms with E-state index < -0.39 is 49.5 Å². The Morgan fingerprint density at radius 1 is 1.09 bits per heavy atom. The first-order chi connectivity index (χ1) is 21.4. The number of para-hydroxylation sites is 1. The summed E-state index contributed by atoms with van der Waals surface area (Å²) in [5.41, 5.74) is 0.467. The van der Waals surface area contributed by atoms with Crippen LogP contribution in [0.4, 0.5) is 21.2 Å². The highest BCUT2D eigenvalue weighted by atomic mass is 28.4. The summed E-state index contributed by atoms with van der Waals surface area (Å²) in [5.74, 6) is -1.99. The molecule has 3 amide bonds. The van der Waals surface area contributed by atoms with Crippen molar-refractivity contribution in [2.24, 2.45) is 5.92 Å². The number of halogens is 1. The molecular formula is C34H40FN3O6Si. The number of ether oxygens (including phenoxy) is 1. The second kappa shape index (κ2) is 12.8. The van der Waals surface area contributed by atoms with Crippen molar-refractivity contribution in [2.75, 3.05) is 23.4 Å². The third kappa shape index (κ3) is 6.17. The van der Waals surface area contributed by atoms with Gasteiger partial charge in [0.2, 0.25) is 14.3 Å². The van der Waals surface area contributed by atoms with E-state index in [9.17, 15) is 24.6 Å². The van der Waals surface area contributed by atoms with Crippen LogP contribution < -0.4 is 10.2 Å². The van der Waals surface area contributed by atoms with E-state index in [1.165, 1.54) is 11.8 Å². The van der Waals surface area contributed by atoms with Crippen LogP contribution in [-0.2, 0) is 31.3 Å². The molecule has 0 bridgehead atoms. The number of hydrogen-bond acceptors (Lipinski definition) is 6. The summed E-state index contributed by atoms with van der Waals surface area (Å²) in [7, 11) is -3.56. The van der Waals surface area contributed by atoms with Crippen LogP contribution in [0.2, 0.25) is 18.6 Å². The number of aliphatic hydroxyl groups excluding tert-OH is 2. The molecule has 0 unspecified atom stereocenters. The third-order valence-corrected chi connectivity index (χ3v) is 11.3. The molecule has 1 spiro atoms. The molecule has 0 aliphatic carbocycles. The van der Waals surface area contributed by atoms with Crippen molar-refractivity contribution >= 4 is 43.2 Å². The summed E-state index contributed by atoms with van der Waals surface area (Å²) in [4.78, 5) is 43.9. The minimum atomic E-state index is -3.56. The van der Waals surface area contributed by atoms with Gasteiger partial charge >= 0.3 is 0 Å². The van der Waals surface area contributed by atoms with Crippen LogP contribution in [0, 0.1) is 5.92 Å². The molecule has 238 valence electrons. The molecule has 2 heterocycles. The van der Waals surface area contributed by atoms with E-state index >= 15 is 4.11 Å². The zero-order valence-corrected chi connectivity index (χ0v) is 26.9. The molecule has 3 N–H and O–H groups in total. The molecule has 2 aliphatic rings. The molecule has 2 aliphatic heterocycles. The molecule has 3 aromatic carbocycles. The number of hydrogen-bond donors (Lipinski definition) is 3. The number of aliphatic hydroxyl groups is 2. The number of nitrogens with one attached hydrogen (secondary N) is 1. The third-order valence-electron chi connectivity index (χ3n) is 8.84. The number of rotatable bonds is 10. The molecule has 1 fully saturated rings. The summed E-state index contributed by atoms with van der Waals surface area (Å²) in [5, 5.41) is 22.2.